The molecule has 0 amide bonds. The Morgan fingerprint density at radius 3 is 2.42 bits per heavy atom. The predicted octanol–water partition coefficient (Wildman–Crippen LogP) is 13.5. The van der Waals surface area contributed by atoms with Crippen molar-refractivity contribution in [3.63, 3.8) is 0 Å². The lowest BCUT2D eigenvalue weighted by molar-refractivity contribution is -0.112. The molecule has 2 heterocycles. The van der Waals surface area contributed by atoms with E-state index in [0.29, 0.717) is 29.2 Å². The number of methoxy groups -OCH3 is 1. The van der Waals surface area contributed by atoms with Crippen LogP contribution in [-0.4, -0.2) is 61.7 Å². The van der Waals surface area contributed by atoms with Gasteiger partial charge in [-0.2, -0.15) is 0 Å². The molecule has 346 valence electrons. The number of rotatable bonds is 9. The van der Waals surface area contributed by atoms with Crippen molar-refractivity contribution in [3.05, 3.63) is 34.6 Å². The maximum Gasteiger partial charge on any atom is 0.508 e. The lowest BCUT2D eigenvalue weighted by Crippen LogP contribution is -2.59. The van der Waals surface area contributed by atoms with Crippen LogP contribution in [0.25, 0.3) is 0 Å². The quantitative estimate of drug-likeness (QED) is 0.170. The zero-order valence-corrected chi connectivity index (χ0v) is 40.5. The molecule has 0 aromatic heterocycles. The molecule has 7 saturated carbocycles. The Morgan fingerprint density at radius 2 is 1.63 bits per heavy atom. The molecule has 0 aromatic rings. The fourth-order valence-corrected chi connectivity index (χ4v) is 18.4. The van der Waals surface area contributed by atoms with Crippen LogP contribution >= 0.6 is 0 Å². The molecule has 2 aliphatic heterocycles. The van der Waals surface area contributed by atoms with E-state index in [2.05, 4.69) is 65.7 Å². The van der Waals surface area contributed by atoms with Crippen LogP contribution in [0.15, 0.2) is 34.6 Å². The molecule has 8 fully saturated rings. The van der Waals surface area contributed by atoms with Gasteiger partial charge in [-0.15, -0.1) is 0 Å². The molecule has 10 rings (SSSR count). The van der Waals surface area contributed by atoms with Crippen molar-refractivity contribution in [2.24, 2.45) is 81.8 Å². The number of ether oxygens (including phenoxy) is 4. The Labute approximate surface area is 377 Å². The number of fused-ring (bicyclic) bond motifs is 13. The van der Waals surface area contributed by atoms with E-state index in [4.69, 9.17) is 18.9 Å². The number of likely N-dealkylation sites (tertiary alicyclic amines) is 1. The molecular weight excluding hydrogens is 767 g/mol. The van der Waals surface area contributed by atoms with Gasteiger partial charge in [0, 0.05) is 38.6 Å². The molecule has 17 atom stereocenters. The highest BCUT2D eigenvalue weighted by Crippen LogP contribution is 2.68. The van der Waals surface area contributed by atoms with Crippen molar-refractivity contribution in [2.45, 2.75) is 207 Å². The highest BCUT2D eigenvalue weighted by molar-refractivity contribution is 5.60. The summed E-state index contributed by atoms with van der Waals surface area (Å²) in [5.74, 6) is 9.52. The van der Waals surface area contributed by atoms with Gasteiger partial charge in [0.1, 0.15) is 18.3 Å². The highest BCUT2D eigenvalue weighted by atomic mass is 16.7. The smallest absolute Gasteiger partial charge is 0.493 e. The average molecular weight is 854 g/mol. The molecule has 62 heavy (non-hydrogen) atoms. The fraction of sp³-hybridized carbons (Fsp3) is 0.875. The molecule has 10 aliphatic rings. The molecule has 0 bridgehead atoms. The molecule has 0 spiro atoms. The number of hydrogen-bond acceptors (Lipinski definition) is 6. The van der Waals surface area contributed by atoms with Crippen LogP contribution in [0.2, 0.25) is 0 Å². The van der Waals surface area contributed by atoms with E-state index in [1.165, 1.54) is 101 Å². The Morgan fingerprint density at radius 1 is 0.839 bits per heavy atom. The van der Waals surface area contributed by atoms with Crippen molar-refractivity contribution >= 4 is 6.16 Å². The van der Waals surface area contributed by atoms with E-state index in [1.54, 1.807) is 11.1 Å². The molecule has 17 unspecified atom stereocenters. The van der Waals surface area contributed by atoms with Crippen LogP contribution in [0.4, 0.5) is 4.79 Å². The van der Waals surface area contributed by atoms with E-state index >= 15 is 0 Å². The maximum atomic E-state index is 13.5. The Hall–Kier alpha value is -1.79. The maximum absolute atomic E-state index is 13.5. The lowest BCUT2D eigenvalue weighted by Gasteiger charge is -2.58. The third-order valence-corrected chi connectivity index (χ3v) is 21.5. The highest BCUT2D eigenvalue weighted by Gasteiger charge is 2.61. The number of nitrogens with zero attached hydrogens (tertiary/aromatic N) is 1. The van der Waals surface area contributed by atoms with Gasteiger partial charge < -0.3 is 18.9 Å². The first kappa shape index (κ1) is 44.1. The standard InChI is InChI=1S/C56H87NO5/c1-33(2)12-11-13-34(3)46-18-19-47-42-17-16-38-29-40(20-24-55(38,6)48(42)21-25-56(46,47)7)62-54(58)61-39-22-26-57(27-23-39)49-30-43-44(31-50(49)59-8)53-51(36(5)35(4)32-60-53)45-28-37-14-9-10-15-41(37)52(43)45/h16,32-34,37,39-50,52-53H,9-15,17-31H2,1-8H3. The van der Waals surface area contributed by atoms with Crippen LogP contribution in [0, 0.1) is 81.8 Å². The SMILES string of the molecule is COC1CC2C3OC=C(C)C(C)=C3C3CC4CCCCC4C3C2CC1N1CCC(OC(=O)OC2CCC3(C)C(=CCC4C3CCC3(C)C(C(C)CCCC(C)C)CCC43)C2)CC1. The number of allylic oxidation sites excluding steroid dienone is 3. The summed E-state index contributed by atoms with van der Waals surface area (Å²) in [6, 6.07) is 0.418. The van der Waals surface area contributed by atoms with E-state index in [0.717, 1.165) is 105 Å². The summed E-state index contributed by atoms with van der Waals surface area (Å²) in [5, 5.41) is 0. The molecule has 0 aromatic carbocycles. The van der Waals surface area contributed by atoms with Gasteiger partial charge in [-0.05, 0) is 190 Å². The van der Waals surface area contributed by atoms with Gasteiger partial charge in [-0.1, -0.05) is 84.8 Å². The van der Waals surface area contributed by atoms with Gasteiger partial charge in [0.05, 0.1) is 12.4 Å². The largest absolute Gasteiger partial charge is 0.508 e. The van der Waals surface area contributed by atoms with Crippen LogP contribution in [0.5, 0.6) is 0 Å². The number of hydrogen-bond donors (Lipinski definition) is 0. The monoisotopic (exact) mass is 854 g/mol. The minimum atomic E-state index is -0.429. The second kappa shape index (κ2) is 17.5. The Balaban J connectivity index is 0.732. The first-order valence-electron chi connectivity index (χ1n) is 26.7. The minimum absolute atomic E-state index is 0.0575. The van der Waals surface area contributed by atoms with E-state index < -0.39 is 6.16 Å². The Kier molecular flexibility index (Phi) is 12.4. The summed E-state index contributed by atoms with van der Waals surface area (Å²) < 4.78 is 25.5. The Bertz CT molecular complexity index is 1740. The minimum Gasteiger partial charge on any atom is -0.493 e. The van der Waals surface area contributed by atoms with Crippen molar-refractivity contribution in [1.82, 2.24) is 4.90 Å². The zero-order chi connectivity index (χ0) is 43.1. The second-order valence-corrected chi connectivity index (χ2v) is 24.6. The van der Waals surface area contributed by atoms with E-state index in [-0.39, 0.29) is 29.8 Å². The van der Waals surface area contributed by atoms with Gasteiger partial charge in [0.2, 0.25) is 0 Å². The zero-order valence-electron chi connectivity index (χ0n) is 40.5. The van der Waals surface area contributed by atoms with Gasteiger partial charge in [-0.3, -0.25) is 4.90 Å². The lowest BCUT2D eigenvalue weighted by atomic mass is 9.47. The summed E-state index contributed by atoms with van der Waals surface area (Å²) in [5.41, 5.74) is 6.88. The van der Waals surface area contributed by atoms with Crippen molar-refractivity contribution in [1.29, 1.82) is 0 Å². The van der Waals surface area contributed by atoms with Crippen LogP contribution in [0.1, 0.15) is 177 Å². The number of piperidine rings is 1. The van der Waals surface area contributed by atoms with Crippen LogP contribution in [0.3, 0.4) is 0 Å². The normalized spacial score (nSPS) is 45.8. The molecule has 6 nitrogen and oxygen atoms in total. The molecule has 6 heteroatoms. The van der Waals surface area contributed by atoms with Crippen molar-refractivity contribution in [2.75, 3.05) is 20.2 Å². The van der Waals surface area contributed by atoms with E-state index in [1.807, 2.05) is 7.11 Å². The van der Waals surface area contributed by atoms with Gasteiger partial charge >= 0.3 is 6.16 Å². The van der Waals surface area contributed by atoms with Crippen molar-refractivity contribution in [3.8, 4) is 0 Å². The first-order chi connectivity index (χ1) is 29.9. The first-order valence-corrected chi connectivity index (χ1v) is 26.7. The summed E-state index contributed by atoms with van der Waals surface area (Å²) in [6.45, 7) is 19.2. The third kappa shape index (κ3) is 7.61. The van der Waals surface area contributed by atoms with Crippen LogP contribution in [-0.2, 0) is 18.9 Å². The summed E-state index contributed by atoms with van der Waals surface area (Å²) in [6.07, 6.45) is 29.8. The summed E-state index contributed by atoms with van der Waals surface area (Å²) in [4.78, 5) is 16.2. The third-order valence-electron chi connectivity index (χ3n) is 21.5. The fourth-order valence-electron chi connectivity index (χ4n) is 18.4. The summed E-state index contributed by atoms with van der Waals surface area (Å²) >= 11 is 0. The van der Waals surface area contributed by atoms with Crippen LogP contribution < -0.4 is 0 Å². The molecule has 0 N–H and O–H groups in total. The molecule has 1 saturated heterocycles. The molecule has 8 aliphatic carbocycles. The number of carbonyl (C=O) groups excluding carboxylic acids is 1. The van der Waals surface area contributed by atoms with Gasteiger partial charge in [0.25, 0.3) is 0 Å². The van der Waals surface area contributed by atoms with E-state index in [9.17, 15) is 4.79 Å². The second-order valence-electron chi connectivity index (χ2n) is 24.6. The van der Waals surface area contributed by atoms with Crippen molar-refractivity contribution < 1.29 is 23.7 Å². The molecule has 0 radical (unpaired) electrons. The average Bonchev–Trinajstić information content (AvgIpc) is 3.83. The topological polar surface area (TPSA) is 57.2 Å². The summed E-state index contributed by atoms with van der Waals surface area (Å²) in [7, 11) is 1.94. The van der Waals surface area contributed by atoms with Gasteiger partial charge in [0.15, 0.2) is 0 Å². The number of carbonyl (C=O) groups is 1. The molecular formula is C56H87NO5. The van der Waals surface area contributed by atoms with Gasteiger partial charge in [-0.25, -0.2) is 4.79 Å². The predicted molar refractivity (Wildman–Crippen MR) is 248 cm³/mol.